The van der Waals surface area contributed by atoms with E-state index in [1.807, 2.05) is 36.7 Å². The summed E-state index contributed by atoms with van der Waals surface area (Å²) in [6, 6.07) is 5.98. The molecule has 1 aromatic carbocycles. The first kappa shape index (κ1) is 9.89. The number of H-pyrrole nitrogens is 1. The van der Waals surface area contributed by atoms with Crippen LogP contribution in [0.1, 0.15) is 16.1 Å². The summed E-state index contributed by atoms with van der Waals surface area (Å²) >= 11 is 0. The first-order valence-electron chi connectivity index (χ1n) is 5.26. The van der Waals surface area contributed by atoms with Gasteiger partial charge >= 0.3 is 5.97 Å². The van der Waals surface area contributed by atoms with Gasteiger partial charge in [0.2, 0.25) is 0 Å². The van der Waals surface area contributed by atoms with Crippen molar-refractivity contribution in [2.24, 2.45) is 7.05 Å². The summed E-state index contributed by atoms with van der Waals surface area (Å²) in [5.74, 6) is -0.985. The van der Waals surface area contributed by atoms with Crippen molar-refractivity contribution in [2.45, 2.75) is 6.92 Å². The van der Waals surface area contributed by atoms with Gasteiger partial charge < -0.3 is 9.67 Å². The number of benzene rings is 1. The molecule has 5 heteroatoms. The van der Waals surface area contributed by atoms with Crippen molar-refractivity contribution in [2.75, 3.05) is 0 Å². The maximum absolute atomic E-state index is 11.1. The van der Waals surface area contributed by atoms with Crippen LogP contribution in [-0.2, 0) is 7.05 Å². The van der Waals surface area contributed by atoms with Crippen LogP contribution in [0.4, 0.5) is 0 Å². The second-order valence-corrected chi connectivity index (χ2v) is 4.18. The summed E-state index contributed by atoms with van der Waals surface area (Å²) in [4.78, 5) is 11.1. The highest BCUT2D eigenvalue weighted by molar-refractivity contribution is 6.15. The van der Waals surface area contributed by atoms with E-state index in [1.165, 1.54) is 0 Å². The highest BCUT2D eigenvalue weighted by atomic mass is 16.4. The van der Waals surface area contributed by atoms with Crippen molar-refractivity contribution in [3.05, 3.63) is 29.5 Å². The molecule has 2 heterocycles. The molecule has 0 aliphatic heterocycles. The highest BCUT2D eigenvalue weighted by Gasteiger charge is 2.19. The maximum atomic E-state index is 11.1. The molecule has 2 aromatic heterocycles. The van der Waals surface area contributed by atoms with Crippen LogP contribution < -0.4 is 0 Å². The lowest BCUT2D eigenvalue weighted by Crippen LogP contribution is -1.96. The monoisotopic (exact) mass is 229 g/mol. The van der Waals surface area contributed by atoms with E-state index in [1.54, 1.807) is 0 Å². The Balaban J connectivity index is 2.58. The predicted molar refractivity (Wildman–Crippen MR) is 64.3 cm³/mol. The Morgan fingerprint density at radius 1 is 1.47 bits per heavy atom. The quantitative estimate of drug-likeness (QED) is 0.671. The molecular formula is C12H11N3O2. The Bertz CT molecular complexity index is 752. The van der Waals surface area contributed by atoms with Crippen LogP contribution in [0.15, 0.2) is 18.2 Å². The maximum Gasteiger partial charge on any atom is 0.354 e. The third kappa shape index (κ3) is 1.19. The van der Waals surface area contributed by atoms with Gasteiger partial charge in [0.1, 0.15) is 0 Å². The molecular weight excluding hydrogens is 218 g/mol. The Kier molecular flexibility index (Phi) is 1.80. The number of carbonyl (C=O) groups is 1. The zero-order valence-electron chi connectivity index (χ0n) is 9.48. The van der Waals surface area contributed by atoms with E-state index in [0.717, 1.165) is 16.5 Å². The van der Waals surface area contributed by atoms with Crippen molar-refractivity contribution < 1.29 is 9.90 Å². The fourth-order valence-corrected chi connectivity index (χ4v) is 2.24. The van der Waals surface area contributed by atoms with Gasteiger partial charge in [0.25, 0.3) is 0 Å². The molecule has 0 saturated heterocycles. The average molecular weight is 229 g/mol. The number of aryl methyl sites for hydroxylation is 2. The molecule has 0 aliphatic carbocycles. The van der Waals surface area contributed by atoms with Gasteiger partial charge in [-0.1, -0.05) is 11.6 Å². The summed E-state index contributed by atoms with van der Waals surface area (Å²) in [5, 5.41) is 17.4. The van der Waals surface area contributed by atoms with E-state index in [2.05, 4.69) is 10.2 Å². The number of aromatic carboxylic acids is 1. The molecule has 0 spiro atoms. The molecule has 86 valence electrons. The summed E-state index contributed by atoms with van der Waals surface area (Å²) in [5.41, 5.74) is 2.91. The molecule has 3 rings (SSSR count). The van der Waals surface area contributed by atoms with Crippen LogP contribution in [-0.4, -0.2) is 25.8 Å². The molecule has 0 fully saturated rings. The SMILES string of the molecule is Cc1ccc2c(c1)c1c(C(=O)O)[nH]nc1n2C. The molecule has 0 saturated carbocycles. The average Bonchev–Trinajstić information content (AvgIpc) is 2.80. The lowest BCUT2D eigenvalue weighted by atomic mass is 10.1. The van der Waals surface area contributed by atoms with E-state index in [4.69, 9.17) is 5.11 Å². The fourth-order valence-electron chi connectivity index (χ4n) is 2.24. The van der Waals surface area contributed by atoms with Gasteiger partial charge in [-0.25, -0.2) is 4.79 Å². The highest BCUT2D eigenvalue weighted by Crippen LogP contribution is 2.29. The van der Waals surface area contributed by atoms with Gasteiger partial charge in [-0.05, 0) is 19.1 Å². The number of carboxylic acids is 1. The Hall–Kier alpha value is -2.30. The Labute approximate surface area is 96.7 Å². The van der Waals surface area contributed by atoms with E-state index in [9.17, 15) is 4.79 Å². The van der Waals surface area contributed by atoms with Crippen LogP contribution in [0, 0.1) is 6.92 Å². The number of nitrogens with zero attached hydrogens (tertiary/aromatic N) is 2. The van der Waals surface area contributed by atoms with Crippen molar-refractivity contribution in [3.8, 4) is 0 Å². The number of carboxylic acid groups (broad SMARTS) is 1. The van der Waals surface area contributed by atoms with Gasteiger partial charge in [-0.2, -0.15) is 5.10 Å². The number of aromatic nitrogens is 3. The minimum Gasteiger partial charge on any atom is -0.477 e. The van der Waals surface area contributed by atoms with Gasteiger partial charge in [0, 0.05) is 12.4 Å². The summed E-state index contributed by atoms with van der Waals surface area (Å²) in [7, 11) is 1.88. The molecule has 5 nitrogen and oxygen atoms in total. The molecule has 2 N–H and O–H groups in total. The largest absolute Gasteiger partial charge is 0.477 e. The summed E-state index contributed by atoms with van der Waals surface area (Å²) in [6.07, 6.45) is 0. The molecule has 0 amide bonds. The smallest absolute Gasteiger partial charge is 0.354 e. The zero-order chi connectivity index (χ0) is 12.2. The number of nitrogens with one attached hydrogen (secondary N) is 1. The van der Waals surface area contributed by atoms with E-state index >= 15 is 0 Å². The van der Waals surface area contributed by atoms with Crippen LogP contribution >= 0.6 is 0 Å². The lowest BCUT2D eigenvalue weighted by Gasteiger charge is -1.97. The molecule has 3 aromatic rings. The summed E-state index contributed by atoms with van der Waals surface area (Å²) < 4.78 is 1.90. The van der Waals surface area contributed by atoms with Gasteiger partial charge in [-0.3, -0.25) is 5.10 Å². The molecule has 0 bridgehead atoms. The number of fused-ring (bicyclic) bond motifs is 3. The number of rotatable bonds is 1. The third-order valence-corrected chi connectivity index (χ3v) is 3.06. The van der Waals surface area contributed by atoms with Crippen molar-refractivity contribution >= 4 is 27.9 Å². The van der Waals surface area contributed by atoms with Crippen LogP contribution in [0.3, 0.4) is 0 Å². The first-order valence-corrected chi connectivity index (χ1v) is 5.26. The second kappa shape index (κ2) is 3.10. The molecule has 0 aliphatic rings. The normalized spacial score (nSPS) is 11.4. The minimum atomic E-state index is -0.985. The van der Waals surface area contributed by atoms with Crippen molar-refractivity contribution in [3.63, 3.8) is 0 Å². The fraction of sp³-hybridized carbons (Fsp3) is 0.167. The Morgan fingerprint density at radius 3 is 2.94 bits per heavy atom. The number of hydrogen-bond acceptors (Lipinski definition) is 2. The topological polar surface area (TPSA) is 70.9 Å². The standard InChI is InChI=1S/C12H11N3O2/c1-6-3-4-8-7(5-6)9-10(12(16)17)13-14-11(9)15(8)2/h3-5H,1-2H3,(H,13,14)(H,16,17). The third-order valence-electron chi connectivity index (χ3n) is 3.06. The second-order valence-electron chi connectivity index (χ2n) is 4.18. The predicted octanol–water partition coefficient (Wildman–Crippen LogP) is 2.06. The van der Waals surface area contributed by atoms with E-state index in [0.29, 0.717) is 11.0 Å². The molecule has 0 radical (unpaired) electrons. The molecule has 0 unspecified atom stereocenters. The van der Waals surface area contributed by atoms with Gasteiger partial charge in [0.15, 0.2) is 11.3 Å². The van der Waals surface area contributed by atoms with Gasteiger partial charge in [0.05, 0.1) is 10.9 Å². The van der Waals surface area contributed by atoms with Gasteiger partial charge in [-0.15, -0.1) is 0 Å². The Morgan fingerprint density at radius 2 is 2.24 bits per heavy atom. The summed E-state index contributed by atoms with van der Waals surface area (Å²) in [6.45, 7) is 1.98. The van der Waals surface area contributed by atoms with Crippen LogP contribution in [0.2, 0.25) is 0 Å². The number of aromatic amines is 1. The van der Waals surface area contributed by atoms with Crippen molar-refractivity contribution in [1.82, 2.24) is 14.8 Å². The van der Waals surface area contributed by atoms with Crippen molar-refractivity contribution in [1.29, 1.82) is 0 Å². The zero-order valence-corrected chi connectivity index (χ0v) is 9.48. The van der Waals surface area contributed by atoms with Crippen LogP contribution in [0.5, 0.6) is 0 Å². The minimum absolute atomic E-state index is 0.149. The van der Waals surface area contributed by atoms with E-state index < -0.39 is 5.97 Å². The lowest BCUT2D eigenvalue weighted by molar-refractivity contribution is 0.0692. The first-order chi connectivity index (χ1) is 8.09. The molecule has 0 atom stereocenters. The van der Waals surface area contributed by atoms with E-state index in [-0.39, 0.29) is 5.69 Å². The van der Waals surface area contributed by atoms with Crippen LogP contribution in [0.25, 0.3) is 21.9 Å². The number of hydrogen-bond donors (Lipinski definition) is 2. The molecule has 17 heavy (non-hydrogen) atoms.